The minimum atomic E-state index is -3.91. The van der Waals surface area contributed by atoms with Crippen molar-refractivity contribution in [3.8, 4) is 0 Å². The van der Waals surface area contributed by atoms with Gasteiger partial charge < -0.3 is 4.90 Å². The fourth-order valence-corrected chi connectivity index (χ4v) is 4.64. The third-order valence-electron chi connectivity index (χ3n) is 3.60. The quantitative estimate of drug-likeness (QED) is 0.907. The number of benzene rings is 2. The van der Waals surface area contributed by atoms with Gasteiger partial charge in [0.15, 0.2) is 0 Å². The molecule has 1 amide bonds. The van der Waals surface area contributed by atoms with Gasteiger partial charge in [-0.25, -0.2) is 12.8 Å². The molecule has 1 N–H and O–H groups in total. The molecule has 0 atom stereocenters. The number of nitrogens with one attached hydrogen (secondary N) is 1. The molecule has 5 nitrogen and oxygen atoms in total. The number of rotatable bonds is 3. The van der Waals surface area contributed by atoms with Crippen LogP contribution < -0.4 is 9.62 Å². The number of anilines is 2. The lowest BCUT2D eigenvalue weighted by atomic mass is 10.2. The van der Waals surface area contributed by atoms with Gasteiger partial charge in [-0.2, -0.15) is 0 Å². The van der Waals surface area contributed by atoms with Crippen molar-refractivity contribution in [3.05, 3.63) is 48.3 Å². The van der Waals surface area contributed by atoms with E-state index < -0.39 is 15.8 Å². The van der Waals surface area contributed by atoms with Gasteiger partial charge in [0.2, 0.25) is 5.91 Å². The molecule has 1 heterocycles. The third-order valence-corrected chi connectivity index (χ3v) is 5.99. The summed E-state index contributed by atoms with van der Waals surface area (Å²) in [5, 5.41) is 0. The van der Waals surface area contributed by atoms with E-state index in [1.165, 1.54) is 49.0 Å². The first-order valence-electron chi connectivity index (χ1n) is 7.21. The standard InChI is InChI=1S/C16H15FN2O3S2/c1-11(20)19-8-9-23-16-10-12(6-7-15(16)19)24(21,22)18-14-5-3-2-4-13(14)17/h2-7,10,18H,8-9H2,1H3. The summed E-state index contributed by atoms with van der Waals surface area (Å²) in [6.07, 6.45) is 0. The van der Waals surface area contributed by atoms with E-state index in [-0.39, 0.29) is 16.5 Å². The molecule has 0 unspecified atom stereocenters. The second kappa shape index (κ2) is 6.45. The number of fused-ring (bicyclic) bond motifs is 1. The first-order valence-corrected chi connectivity index (χ1v) is 9.68. The van der Waals surface area contributed by atoms with E-state index in [2.05, 4.69) is 4.72 Å². The zero-order valence-corrected chi connectivity index (χ0v) is 14.5. The van der Waals surface area contributed by atoms with Crippen LogP contribution in [0.2, 0.25) is 0 Å². The molecule has 0 aromatic heterocycles. The Balaban J connectivity index is 1.95. The third kappa shape index (κ3) is 3.25. The summed E-state index contributed by atoms with van der Waals surface area (Å²) in [6, 6.07) is 10.1. The van der Waals surface area contributed by atoms with Crippen molar-refractivity contribution in [2.24, 2.45) is 0 Å². The van der Waals surface area contributed by atoms with Crippen LogP contribution in [0.3, 0.4) is 0 Å². The summed E-state index contributed by atoms with van der Waals surface area (Å²) in [7, 11) is -3.91. The topological polar surface area (TPSA) is 66.5 Å². The number of thioether (sulfide) groups is 1. The van der Waals surface area contributed by atoms with E-state index in [0.717, 1.165) is 0 Å². The van der Waals surface area contributed by atoms with E-state index >= 15 is 0 Å². The van der Waals surface area contributed by atoms with E-state index in [9.17, 15) is 17.6 Å². The molecule has 0 bridgehead atoms. The molecule has 0 aliphatic carbocycles. The Morgan fingerprint density at radius 1 is 1.25 bits per heavy atom. The number of halogens is 1. The van der Waals surface area contributed by atoms with Crippen LogP contribution >= 0.6 is 11.8 Å². The Morgan fingerprint density at radius 3 is 2.71 bits per heavy atom. The first-order chi connectivity index (χ1) is 11.4. The fourth-order valence-electron chi connectivity index (χ4n) is 2.44. The zero-order valence-electron chi connectivity index (χ0n) is 12.8. The molecular formula is C16H15FN2O3S2. The monoisotopic (exact) mass is 366 g/mol. The SMILES string of the molecule is CC(=O)N1CCSc2cc(S(=O)(=O)Nc3ccccc3F)ccc21. The highest BCUT2D eigenvalue weighted by Gasteiger charge is 2.24. The van der Waals surface area contributed by atoms with Crippen LogP contribution in [0.25, 0.3) is 0 Å². The lowest BCUT2D eigenvalue weighted by Gasteiger charge is -2.28. The van der Waals surface area contributed by atoms with Crippen molar-refractivity contribution >= 4 is 39.1 Å². The molecule has 0 radical (unpaired) electrons. The minimum absolute atomic E-state index is 0.0300. The van der Waals surface area contributed by atoms with Crippen LogP contribution in [0.1, 0.15) is 6.92 Å². The van der Waals surface area contributed by atoms with E-state index in [1.54, 1.807) is 17.0 Å². The van der Waals surface area contributed by atoms with Gasteiger partial charge in [-0.3, -0.25) is 9.52 Å². The molecule has 2 aromatic carbocycles. The van der Waals surface area contributed by atoms with Crippen molar-refractivity contribution in [1.29, 1.82) is 0 Å². The van der Waals surface area contributed by atoms with Gasteiger partial charge in [0.1, 0.15) is 5.82 Å². The highest BCUT2D eigenvalue weighted by Crippen LogP contribution is 2.36. The number of hydrogen-bond donors (Lipinski definition) is 1. The summed E-state index contributed by atoms with van der Waals surface area (Å²) in [5.74, 6) is -0.0376. The van der Waals surface area contributed by atoms with Crippen LogP contribution in [0.15, 0.2) is 52.3 Å². The Hall–Kier alpha value is -2.06. The van der Waals surface area contributed by atoms with E-state index in [1.807, 2.05) is 0 Å². The smallest absolute Gasteiger partial charge is 0.262 e. The number of para-hydroxylation sites is 1. The first kappa shape index (κ1) is 16.8. The van der Waals surface area contributed by atoms with Crippen LogP contribution in [-0.2, 0) is 14.8 Å². The van der Waals surface area contributed by atoms with Crippen molar-refractivity contribution in [2.45, 2.75) is 16.7 Å². The molecular weight excluding hydrogens is 351 g/mol. The number of hydrogen-bond acceptors (Lipinski definition) is 4. The molecule has 1 aliphatic heterocycles. The fraction of sp³-hybridized carbons (Fsp3) is 0.188. The van der Waals surface area contributed by atoms with Crippen LogP contribution in [0.4, 0.5) is 15.8 Å². The zero-order chi connectivity index (χ0) is 17.3. The van der Waals surface area contributed by atoms with Gasteiger partial charge in [0, 0.05) is 24.1 Å². The predicted octanol–water partition coefficient (Wildman–Crippen LogP) is 3.09. The van der Waals surface area contributed by atoms with E-state index in [0.29, 0.717) is 22.9 Å². The summed E-state index contributed by atoms with van der Waals surface area (Å²) < 4.78 is 40.9. The van der Waals surface area contributed by atoms with Gasteiger partial charge in [0.05, 0.1) is 16.3 Å². The summed E-state index contributed by atoms with van der Waals surface area (Å²) in [4.78, 5) is 14.0. The lowest BCUT2D eigenvalue weighted by molar-refractivity contribution is -0.116. The maximum atomic E-state index is 13.7. The Bertz CT molecular complexity index is 900. The summed E-state index contributed by atoms with van der Waals surface area (Å²) in [6.45, 7) is 2.07. The van der Waals surface area contributed by atoms with Crippen LogP contribution in [0.5, 0.6) is 0 Å². The van der Waals surface area contributed by atoms with Crippen molar-refractivity contribution < 1.29 is 17.6 Å². The Labute approximate surface area is 143 Å². The minimum Gasteiger partial charge on any atom is -0.311 e. The molecule has 1 aliphatic rings. The second-order valence-corrected chi connectivity index (χ2v) is 8.05. The Kier molecular flexibility index (Phi) is 4.51. The van der Waals surface area contributed by atoms with Gasteiger partial charge in [0.25, 0.3) is 10.0 Å². The van der Waals surface area contributed by atoms with Crippen LogP contribution in [-0.4, -0.2) is 26.6 Å². The second-order valence-electron chi connectivity index (χ2n) is 5.23. The number of carbonyl (C=O) groups excluding carboxylic acids is 1. The molecule has 24 heavy (non-hydrogen) atoms. The summed E-state index contributed by atoms with van der Waals surface area (Å²) in [5.41, 5.74) is 0.594. The molecule has 0 fully saturated rings. The largest absolute Gasteiger partial charge is 0.311 e. The molecule has 0 saturated heterocycles. The van der Waals surface area contributed by atoms with Crippen molar-refractivity contribution in [1.82, 2.24) is 0 Å². The lowest BCUT2D eigenvalue weighted by Crippen LogP contribution is -2.33. The number of nitrogens with zero attached hydrogens (tertiary/aromatic N) is 1. The Morgan fingerprint density at radius 2 is 2.00 bits per heavy atom. The molecule has 8 heteroatoms. The predicted molar refractivity (Wildman–Crippen MR) is 92.4 cm³/mol. The average molecular weight is 366 g/mol. The van der Waals surface area contributed by atoms with Gasteiger partial charge in [-0.1, -0.05) is 12.1 Å². The number of carbonyl (C=O) groups is 1. The van der Waals surface area contributed by atoms with Gasteiger partial charge in [-0.15, -0.1) is 11.8 Å². The van der Waals surface area contributed by atoms with Crippen LogP contribution in [0, 0.1) is 5.82 Å². The highest BCUT2D eigenvalue weighted by molar-refractivity contribution is 7.99. The number of sulfonamides is 1. The van der Waals surface area contributed by atoms with Crippen molar-refractivity contribution in [2.75, 3.05) is 21.9 Å². The maximum Gasteiger partial charge on any atom is 0.262 e. The molecule has 0 spiro atoms. The summed E-state index contributed by atoms with van der Waals surface area (Å²) >= 11 is 1.49. The molecule has 3 rings (SSSR count). The maximum absolute atomic E-state index is 13.7. The van der Waals surface area contributed by atoms with Gasteiger partial charge in [-0.05, 0) is 30.3 Å². The molecule has 126 valence electrons. The average Bonchev–Trinajstić information content (AvgIpc) is 2.55. The normalized spacial score (nSPS) is 14.2. The highest BCUT2D eigenvalue weighted by atomic mass is 32.2. The van der Waals surface area contributed by atoms with Crippen molar-refractivity contribution in [3.63, 3.8) is 0 Å². The number of amides is 1. The van der Waals surface area contributed by atoms with Gasteiger partial charge >= 0.3 is 0 Å². The molecule has 2 aromatic rings. The molecule has 0 saturated carbocycles. The van der Waals surface area contributed by atoms with E-state index in [4.69, 9.17) is 0 Å².